The first-order valence-electron chi connectivity index (χ1n) is 8.45. The Morgan fingerprint density at radius 1 is 1.14 bits per heavy atom. The van der Waals surface area contributed by atoms with E-state index in [1.54, 1.807) is 17.4 Å². The number of nitrogens with zero attached hydrogens (tertiary/aromatic N) is 4. The summed E-state index contributed by atoms with van der Waals surface area (Å²) in [7, 11) is 0. The highest BCUT2D eigenvalue weighted by Crippen LogP contribution is 2.31. The maximum absolute atomic E-state index is 12.9. The molecular formula is C19H13F3N4O2S. The molecular weight excluding hydrogens is 405 g/mol. The Balaban J connectivity index is 1.61. The topological polar surface area (TPSA) is 73.8 Å². The van der Waals surface area contributed by atoms with Gasteiger partial charge in [0.25, 0.3) is 5.56 Å². The van der Waals surface area contributed by atoms with Crippen molar-refractivity contribution in [2.24, 2.45) is 0 Å². The lowest BCUT2D eigenvalue weighted by Gasteiger charge is -2.06. The van der Waals surface area contributed by atoms with Crippen molar-refractivity contribution in [3.8, 4) is 22.0 Å². The minimum Gasteiger partial charge on any atom is -0.337 e. The maximum atomic E-state index is 12.9. The maximum Gasteiger partial charge on any atom is 0.416 e. The summed E-state index contributed by atoms with van der Waals surface area (Å²) < 4.78 is 45.0. The van der Waals surface area contributed by atoms with E-state index in [1.807, 2.05) is 19.1 Å². The van der Waals surface area contributed by atoms with Gasteiger partial charge in [-0.15, -0.1) is 11.3 Å². The van der Waals surface area contributed by atoms with E-state index < -0.39 is 11.7 Å². The molecule has 3 aromatic heterocycles. The SMILES string of the molecule is Cc1ccc(-c2ccc(=O)n(Cc3nc(-c4cccc(C(F)(F)F)c4)no3)n2)s1. The lowest BCUT2D eigenvalue weighted by Crippen LogP contribution is -2.22. The predicted octanol–water partition coefficient (Wildman–Crippen LogP) is 4.40. The van der Waals surface area contributed by atoms with E-state index >= 15 is 0 Å². The van der Waals surface area contributed by atoms with Gasteiger partial charge in [0, 0.05) is 16.5 Å². The number of benzene rings is 1. The Kier molecular flexibility index (Phi) is 4.79. The molecule has 4 rings (SSSR count). The van der Waals surface area contributed by atoms with E-state index in [-0.39, 0.29) is 29.4 Å². The highest BCUT2D eigenvalue weighted by Gasteiger charge is 2.30. The molecule has 0 bridgehead atoms. The third-order valence-corrected chi connectivity index (χ3v) is 5.08. The fraction of sp³-hybridized carbons (Fsp3) is 0.158. The van der Waals surface area contributed by atoms with Gasteiger partial charge in [-0.3, -0.25) is 4.79 Å². The zero-order valence-electron chi connectivity index (χ0n) is 15.0. The number of hydrogen-bond donors (Lipinski definition) is 0. The normalized spacial score (nSPS) is 11.7. The van der Waals surface area contributed by atoms with Crippen molar-refractivity contribution in [1.29, 1.82) is 0 Å². The van der Waals surface area contributed by atoms with Crippen molar-refractivity contribution >= 4 is 11.3 Å². The third kappa shape index (κ3) is 4.11. The minimum atomic E-state index is -4.47. The number of halogens is 3. The quantitative estimate of drug-likeness (QED) is 0.491. The van der Waals surface area contributed by atoms with E-state index in [0.29, 0.717) is 5.69 Å². The van der Waals surface area contributed by atoms with Crippen LogP contribution in [0.4, 0.5) is 13.2 Å². The Bertz CT molecular complexity index is 1230. The van der Waals surface area contributed by atoms with Gasteiger partial charge in [-0.25, -0.2) is 4.68 Å². The largest absolute Gasteiger partial charge is 0.416 e. The van der Waals surface area contributed by atoms with Gasteiger partial charge in [-0.05, 0) is 37.3 Å². The van der Waals surface area contributed by atoms with E-state index in [9.17, 15) is 18.0 Å². The Labute approximate surface area is 166 Å². The van der Waals surface area contributed by atoms with Crippen molar-refractivity contribution < 1.29 is 17.7 Å². The van der Waals surface area contributed by atoms with E-state index in [4.69, 9.17) is 4.52 Å². The molecule has 0 saturated heterocycles. The van der Waals surface area contributed by atoms with Crippen molar-refractivity contribution in [3.05, 3.63) is 75.2 Å². The zero-order chi connectivity index (χ0) is 20.6. The first kappa shape index (κ1) is 19.1. The summed E-state index contributed by atoms with van der Waals surface area (Å²) >= 11 is 1.55. The van der Waals surface area contributed by atoms with Gasteiger partial charge in [0.05, 0.1) is 10.4 Å². The fourth-order valence-electron chi connectivity index (χ4n) is 2.66. The molecule has 10 heteroatoms. The van der Waals surface area contributed by atoms with Crippen LogP contribution >= 0.6 is 11.3 Å². The molecule has 0 unspecified atom stereocenters. The molecule has 3 heterocycles. The third-order valence-electron chi connectivity index (χ3n) is 4.06. The Morgan fingerprint density at radius 3 is 2.69 bits per heavy atom. The monoisotopic (exact) mass is 418 g/mol. The summed E-state index contributed by atoms with van der Waals surface area (Å²) in [6.07, 6.45) is -4.47. The summed E-state index contributed by atoms with van der Waals surface area (Å²) in [6, 6.07) is 11.5. The minimum absolute atomic E-state index is 0.00388. The molecule has 0 N–H and O–H groups in total. The summed E-state index contributed by atoms with van der Waals surface area (Å²) in [5.41, 5.74) is -0.378. The Hall–Kier alpha value is -3.27. The van der Waals surface area contributed by atoms with Crippen LogP contribution in [-0.4, -0.2) is 19.9 Å². The molecule has 0 spiro atoms. The van der Waals surface area contributed by atoms with Crippen LogP contribution < -0.4 is 5.56 Å². The number of alkyl halides is 3. The molecule has 0 aliphatic carbocycles. The van der Waals surface area contributed by atoms with Crippen molar-refractivity contribution in [3.63, 3.8) is 0 Å². The second-order valence-electron chi connectivity index (χ2n) is 6.22. The first-order chi connectivity index (χ1) is 13.8. The summed E-state index contributed by atoms with van der Waals surface area (Å²) in [4.78, 5) is 18.3. The highest BCUT2D eigenvalue weighted by atomic mass is 32.1. The second kappa shape index (κ2) is 7.28. The van der Waals surface area contributed by atoms with Crippen LogP contribution in [-0.2, 0) is 12.7 Å². The van der Waals surface area contributed by atoms with Crippen LogP contribution in [0.1, 0.15) is 16.3 Å². The molecule has 29 heavy (non-hydrogen) atoms. The van der Waals surface area contributed by atoms with Gasteiger partial charge in [0.15, 0.2) is 0 Å². The van der Waals surface area contributed by atoms with Crippen LogP contribution in [0.5, 0.6) is 0 Å². The Morgan fingerprint density at radius 2 is 1.97 bits per heavy atom. The molecule has 0 radical (unpaired) electrons. The van der Waals surface area contributed by atoms with E-state index in [2.05, 4.69) is 15.2 Å². The number of rotatable bonds is 4. The fourth-order valence-corrected chi connectivity index (χ4v) is 3.50. The molecule has 6 nitrogen and oxygen atoms in total. The molecule has 0 fully saturated rings. The van der Waals surface area contributed by atoms with E-state index in [1.165, 1.54) is 22.9 Å². The number of thiophene rings is 1. The molecule has 0 aliphatic rings. The first-order valence-corrected chi connectivity index (χ1v) is 9.26. The van der Waals surface area contributed by atoms with Gasteiger partial charge in [-0.2, -0.15) is 23.3 Å². The predicted molar refractivity (Wildman–Crippen MR) is 100 cm³/mol. The summed E-state index contributed by atoms with van der Waals surface area (Å²) in [6.45, 7) is 1.88. The van der Waals surface area contributed by atoms with Crippen LogP contribution in [0.2, 0.25) is 0 Å². The summed E-state index contributed by atoms with van der Waals surface area (Å²) in [5, 5.41) is 8.04. The average Bonchev–Trinajstić information content (AvgIpc) is 3.32. The van der Waals surface area contributed by atoms with E-state index in [0.717, 1.165) is 21.9 Å². The van der Waals surface area contributed by atoms with Gasteiger partial charge in [0.1, 0.15) is 12.2 Å². The van der Waals surface area contributed by atoms with Crippen molar-refractivity contribution in [1.82, 2.24) is 19.9 Å². The van der Waals surface area contributed by atoms with Gasteiger partial charge < -0.3 is 4.52 Å². The molecule has 4 aromatic rings. The zero-order valence-corrected chi connectivity index (χ0v) is 15.8. The van der Waals surface area contributed by atoms with Crippen molar-refractivity contribution in [2.45, 2.75) is 19.6 Å². The molecule has 1 aromatic carbocycles. The summed E-state index contributed by atoms with van der Waals surface area (Å²) in [5.74, 6) is 0.0655. The number of hydrogen-bond acceptors (Lipinski definition) is 6. The number of aromatic nitrogens is 4. The molecule has 0 aliphatic heterocycles. The average molecular weight is 418 g/mol. The molecule has 148 valence electrons. The lowest BCUT2D eigenvalue weighted by atomic mass is 10.1. The van der Waals surface area contributed by atoms with Crippen LogP contribution in [0, 0.1) is 6.92 Å². The number of aryl methyl sites for hydroxylation is 1. The van der Waals surface area contributed by atoms with Crippen molar-refractivity contribution in [2.75, 3.05) is 0 Å². The van der Waals surface area contributed by atoms with Crippen LogP contribution in [0.25, 0.3) is 22.0 Å². The smallest absolute Gasteiger partial charge is 0.337 e. The molecule has 0 amide bonds. The van der Waals surface area contributed by atoms with Gasteiger partial charge in [0.2, 0.25) is 11.7 Å². The highest BCUT2D eigenvalue weighted by molar-refractivity contribution is 7.15. The van der Waals surface area contributed by atoms with Crippen LogP contribution in [0.15, 0.2) is 57.8 Å². The molecule has 0 atom stereocenters. The standard InChI is InChI=1S/C19H13F3N4O2S/c1-11-5-7-15(29-11)14-6-8-17(27)26(24-14)10-16-23-18(25-28-16)12-3-2-4-13(9-12)19(20,21)22/h2-9H,10H2,1H3. The van der Waals surface area contributed by atoms with Gasteiger partial charge in [-0.1, -0.05) is 17.3 Å². The van der Waals surface area contributed by atoms with Gasteiger partial charge >= 0.3 is 6.18 Å². The second-order valence-corrected chi connectivity index (χ2v) is 7.50. The molecule has 0 saturated carbocycles. The lowest BCUT2D eigenvalue weighted by molar-refractivity contribution is -0.137. The van der Waals surface area contributed by atoms with Crippen LogP contribution in [0.3, 0.4) is 0 Å².